The van der Waals surface area contributed by atoms with Crippen LogP contribution in [0.4, 0.5) is 5.82 Å². The third-order valence-electron chi connectivity index (χ3n) is 1.33. The van der Waals surface area contributed by atoms with E-state index in [1.165, 1.54) is 0 Å². The molecule has 0 atom stereocenters. The number of hydrogen-bond acceptors (Lipinski definition) is 1. The molecule has 0 bridgehead atoms. The third-order valence-corrected chi connectivity index (χ3v) is 1.33. The second-order valence-electron chi connectivity index (χ2n) is 1.91. The Morgan fingerprint density at radius 3 is 2.44 bits per heavy atom. The molecule has 0 unspecified atom stereocenters. The van der Waals surface area contributed by atoms with Gasteiger partial charge >= 0.3 is 0 Å². The summed E-state index contributed by atoms with van der Waals surface area (Å²) < 4.78 is 0. The number of nitrogens with one attached hydrogen (secondary N) is 1. The van der Waals surface area contributed by atoms with E-state index in [-0.39, 0.29) is 0 Å². The lowest BCUT2D eigenvalue weighted by Gasteiger charge is -1.82. The van der Waals surface area contributed by atoms with E-state index in [9.17, 15) is 0 Å². The first-order chi connectivity index (χ1) is 4.25. The zero-order valence-electron chi connectivity index (χ0n) is 5.39. The summed E-state index contributed by atoms with van der Waals surface area (Å²) in [5.41, 5.74) is 1.92. The molecule has 0 aromatic carbocycles. The molecule has 1 N–H and O–H groups in total. The van der Waals surface area contributed by atoms with Crippen molar-refractivity contribution >= 4 is 5.82 Å². The molecule has 0 spiro atoms. The number of aryl methyl sites for hydroxylation is 1. The van der Waals surface area contributed by atoms with Gasteiger partial charge < -0.3 is 4.85 Å². The summed E-state index contributed by atoms with van der Waals surface area (Å²) in [7, 11) is 0. The molecule has 1 heterocycles. The van der Waals surface area contributed by atoms with E-state index in [0.29, 0.717) is 5.82 Å². The van der Waals surface area contributed by atoms with Gasteiger partial charge in [-0.15, -0.1) is 0 Å². The van der Waals surface area contributed by atoms with Gasteiger partial charge in [0.25, 0.3) is 5.82 Å². The van der Waals surface area contributed by atoms with E-state index in [1.54, 1.807) is 0 Å². The first kappa shape index (κ1) is 5.83. The summed E-state index contributed by atoms with van der Waals surface area (Å²) >= 11 is 0. The Hall–Kier alpha value is -1.30. The molecule has 3 nitrogen and oxygen atoms in total. The van der Waals surface area contributed by atoms with Gasteiger partial charge in [0.2, 0.25) is 0 Å². The van der Waals surface area contributed by atoms with Crippen molar-refractivity contribution in [3.05, 3.63) is 22.7 Å². The highest BCUT2D eigenvalue weighted by Crippen LogP contribution is 2.15. The largest absolute Gasteiger partial charge is 0.359 e. The molecule has 1 aromatic rings. The second-order valence-corrected chi connectivity index (χ2v) is 1.91. The summed E-state index contributed by atoms with van der Waals surface area (Å²) in [4.78, 5) is 3.20. The van der Waals surface area contributed by atoms with Crippen molar-refractivity contribution in [2.75, 3.05) is 0 Å². The van der Waals surface area contributed by atoms with Crippen molar-refractivity contribution in [2.45, 2.75) is 13.8 Å². The van der Waals surface area contributed by atoms with Gasteiger partial charge in [-0.2, -0.15) is 0 Å². The summed E-state index contributed by atoms with van der Waals surface area (Å²) in [6.07, 6.45) is 0. The molecular formula is C6H7N3. The number of hydrogen-bond donors (Lipinski definition) is 1. The van der Waals surface area contributed by atoms with Gasteiger partial charge in [0.1, 0.15) is 0 Å². The average Bonchev–Trinajstić information content (AvgIpc) is 2.15. The normalized spacial score (nSPS) is 9.00. The number of H-pyrrole nitrogens is 1. The van der Waals surface area contributed by atoms with Crippen LogP contribution in [-0.2, 0) is 0 Å². The summed E-state index contributed by atoms with van der Waals surface area (Å²) in [6.45, 7) is 10.4. The molecule has 9 heavy (non-hydrogen) atoms. The van der Waals surface area contributed by atoms with Crippen LogP contribution in [0, 0.1) is 20.4 Å². The molecule has 1 aromatic heterocycles. The number of aromatic nitrogens is 2. The fraction of sp³-hybridized carbons (Fsp3) is 0.333. The highest BCUT2D eigenvalue weighted by atomic mass is 15.2. The molecule has 0 saturated carbocycles. The molecule has 0 radical (unpaired) electrons. The van der Waals surface area contributed by atoms with E-state index >= 15 is 0 Å². The summed E-state index contributed by atoms with van der Waals surface area (Å²) in [6, 6.07) is 0. The lowest BCUT2D eigenvalue weighted by Crippen LogP contribution is -1.70. The Morgan fingerprint density at radius 1 is 1.56 bits per heavy atom. The lowest BCUT2D eigenvalue weighted by atomic mass is 10.3. The fourth-order valence-corrected chi connectivity index (χ4v) is 0.581. The smallest absolute Gasteiger partial charge is 0.298 e. The maximum absolute atomic E-state index is 6.64. The minimum absolute atomic E-state index is 0.479. The lowest BCUT2D eigenvalue weighted by molar-refractivity contribution is 1.05. The van der Waals surface area contributed by atoms with Crippen LogP contribution >= 0.6 is 0 Å². The molecule has 1 rings (SSSR count). The molecule has 0 saturated heterocycles. The standard InChI is InChI=1S/C6H7N3/c1-4-5(2)8-9-6(4)7-3/h1-2H3,(H,8,9). The van der Waals surface area contributed by atoms with E-state index in [0.717, 1.165) is 11.3 Å². The van der Waals surface area contributed by atoms with Crippen LogP contribution < -0.4 is 0 Å². The van der Waals surface area contributed by atoms with Gasteiger partial charge in [0.15, 0.2) is 0 Å². The van der Waals surface area contributed by atoms with Crippen LogP contribution in [0.3, 0.4) is 0 Å². The van der Waals surface area contributed by atoms with Gasteiger partial charge in [-0.25, -0.2) is 5.10 Å². The van der Waals surface area contributed by atoms with Gasteiger partial charge in [-0.3, -0.25) is 0 Å². The van der Waals surface area contributed by atoms with Crippen LogP contribution in [-0.4, -0.2) is 10.2 Å². The van der Waals surface area contributed by atoms with Crippen LogP contribution in [0.5, 0.6) is 0 Å². The van der Waals surface area contributed by atoms with Crippen LogP contribution in [0.2, 0.25) is 0 Å². The second kappa shape index (κ2) is 1.90. The zero-order chi connectivity index (χ0) is 6.85. The number of nitrogens with zero attached hydrogens (tertiary/aromatic N) is 2. The Labute approximate surface area is 53.5 Å². The van der Waals surface area contributed by atoms with Gasteiger partial charge in [-0.05, 0) is 24.5 Å². The van der Waals surface area contributed by atoms with Crippen molar-refractivity contribution in [2.24, 2.45) is 0 Å². The molecule has 0 aliphatic rings. The number of rotatable bonds is 0. The first-order valence-electron chi connectivity index (χ1n) is 2.64. The van der Waals surface area contributed by atoms with Crippen LogP contribution in [0.15, 0.2) is 0 Å². The molecule has 0 aliphatic heterocycles. The predicted molar refractivity (Wildman–Crippen MR) is 34.3 cm³/mol. The molecule has 46 valence electrons. The maximum atomic E-state index is 6.64. The predicted octanol–water partition coefficient (Wildman–Crippen LogP) is 1.58. The molecule has 0 fully saturated rings. The fourth-order valence-electron chi connectivity index (χ4n) is 0.581. The third kappa shape index (κ3) is 0.789. The maximum Gasteiger partial charge on any atom is 0.298 e. The zero-order valence-corrected chi connectivity index (χ0v) is 5.39. The van der Waals surface area contributed by atoms with E-state index in [4.69, 9.17) is 6.57 Å². The quantitative estimate of drug-likeness (QED) is 0.519. The van der Waals surface area contributed by atoms with Crippen molar-refractivity contribution in [3.63, 3.8) is 0 Å². The van der Waals surface area contributed by atoms with Gasteiger partial charge in [0.05, 0.1) is 0 Å². The molecule has 0 amide bonds. The van der Waals surface area contributed by atoms with Crippen LogP contribution in [0.1, 0.15) is 11.3 Å². The first-order valence-corrected chi connectivity index (χ1v) is 2.64. The highest BCUT2D eigenvalue weighted by molar-refractivity contribution is 5.45. The van der Waals surface area contributed by atoms with E-state index < -0.39 is 0 Å². The van der Waals surface area contributed by atoms with Crippen molar-refractivity contribution in [1.82, 2.24) is 10.2 Å². The Kier molecular flexibility index (Phi) is 1.23. The van der Waals surface area contributed by atoms with Crippen molar-refractivity contribution < 1.29 is 0 Å². The van der Waals surface area contributed by atoms with Crippen molar-refractivity contribution in [3.8, 4) is 0 Å². The average molecular weight is 121 g/mol. The summed E-state index contributed by atoms with van der Waals surface area (Å²) in [5.74, 6) is 0.479. The van der Waals surface area contributed by atoms with Gasteiger partial charge in [-0.1, -0.05) is 6.57 Å². The minimum atomic E-state index is 0.479. The Bertz CT molecular complexity index is 254. The minimum Gasteiger partial charge on any atom is -0.359 e. The summed E-state index contributed by atoms with van der Waals surface area (Å²) in [5, 5.41) is 6.48. The monoisotopic (exact) mass is 121 g/mol. The topological polar surface area (TPSA) is 33.0 Å². The molecule has 3 heteroatoms. The van der Waals surface area contributed by atoms with Crippen LogP contribution in [0.25, 0.3) is 4.85 Å². The SMILES string of the molecule is [C-]#[N+]c1n[nH]c(C)c1C. The van der Waals surface area contributed by atoms with Crippen molar-refractivity contribution in [1.29, 1.82) is 0 Å². The molecular weight excluding hydrogens is 114 g/mol. The van der Waals surface area contributed by atoms with E-state index in [1.807, 2.05) is 13.8 Å². The van der Waals surface area contributed by atoms with E-state index in [2.05, 4.69) is 15.0 Å². The van der Waals surface area contributed by atoms with Gasteiger partial charge in [0, 0.05) is 5.69 Å². The molecule has 0 aliphatic carbocycles. The highest BCUT2D eigenvalue weighted by Gasteiger charge is 2.03. The Balaban J connectivity index is 3.24. The Morgan fingerprint density at radius 2 is 2.22 bits per heavy atom. The number of aromatic amines is 1.